The molecular weight excluding hydrogens is 258 g/mol. The lowest BCUT2D eigenvalue weighted by Crippen LogP contribution is -2.12. The SMILES string of the molecule is CNC(C)c1cccc(-n2cc(-c3ccccc3)cn2)c1. The zero-order valence-electron chi connectivity index (χ0n) is 12.3. The highest BCUT2D eigenvalue weighted by Crippen LogP contribution is 2.21. The Morgan fingerprint density at radius 1 is 1.00 bits per heavy atom. The molecule has 3 aromatic rings. The molecule has 106 valence electrons. The Labute approximate surface area is 125 Å². The molecule has 0 bridgehead atoms. The fraction of sp³-hybridized carbons (Fsp3) is 0.167. The van der Waals surface area contributed by atoms with Crippen molar-refractivity contribution in [3.8, 4) is 16.8 Å². The van der Waals surface area contributed by atoms with E-state index >= 15 is 0 Å². The van der Waals surface area contributed by atoms with Crippen molar-refractivity contribution in [1.82, 2.24) is 15.1 Å². The van der Waals surface area contributed by atoms with Crippen LogP contribution in [-0.2, 0) is 0 Å². The molecule has 1 N–H and O–H groups in total. The molecule has 2 aromatic carbocycles. The molecule has 3 heteroatoms. The van der Waals surface area contributed by atoms with Crippen LogP contribution in [0.25, 0.3) is 16.8 Å². The summed E-state index contributed by atoms with van der Waals surface area (Å²) < 4.78 is 1.92. The Balaban J connectivity index is 1.93. The lowest BCUT2D eigenvalue weighted by Gasteiger charge is -2.11. The number of benzene rings is 2. The molecule has 0 aliphatic heterocycles. The first-order chi connectivity index (χ1) is 10.3. The normalized spacial score (nSPS) is 12.3. The molecule has 0 spiro atoms. The maximum Gasteiger partial charge on any atom is 0.0649 e. The van der Waals surface area contributed by atoms with Crippen molar-refractivity contribution in [2.45, 2.75) is 13.0 Å². The molecule has 0 aliphatic rings. The van der Waals surface area contributed by atoms with Gasteiger partial charge in [-0.25, -0.2) is 4.68 Å². The van der Waals surface area contributed by atoms with Crippen LogP contribution in [0.2, 0.25) is 0 Å². The minimum absolute atomic E-state index is 0.328. The summed E-state index contributed by atoms with van der Waals surface area (Å²) in [5.74, 6) is 0. The number of hydrogen-bond acceptors (Lipinski definition) is 2. The summed E-state index contributed by atoms with van der Waals surface area (Å²) in [6.07, 6.45) is 3.97. The molecule has 0 saturated heterocycles. The molecule has 0 saturated carbocycles. The summed E-state index contributed by atoms with van der Waals surface area (Å²) >= 11 is 0. The van der Waals surface area contributed by atoms with Gasteiger partial charge in [-0.05, 0) is 37.2 Å². The zero-order chi connectivity index (χ0) is 14.7. The Morgan fingerprint density at radius 3 is 2.57 bits per heavy atom. The summed E-state index contributed by atoms with van der Waals surface area (Å²) in [6.45, 7) is 2.15. The zero-order valence-corrected chi connectivity index (χ0v) is 12.3. The molecule has 3 nitrogen and oxygen atoms in total. The summed E-state index contributed by atoms with van der Waals surface area (Å²) in [5.41, 5.74) is 4.65. The third kappa shape index (κ3) is 2.88. The predicted molar refractivity (Wildman–Crippen MR) is 86.5 cm³/mol. The first kappa shape index (κ1) is 13.6. The Hall–Kier alpha value is -2.39. The second kappa shape index (κ2) is 5.94. The van der Waals surface area contributed by atoms with E-state index in [1.54, 1.807) is 0 Å². The van der Waals surface area contributed by atoms with Crippen LogP contribution >= 0.6 is 0 Å². The van der Waals surface area contributed by atoms with E-state index in [4.69, 9.17) is 0 Å². The van der Waals surface area contributed by atoms with Gasteiger partial charge in [0.15, 0.2) is 0 Å². The van der Waals surface area contributed by atoms with E-state index in [1.807, 2.05) is 36.1 Å². The minimum atomic E-state index is 0.328. The average Bonchev–Trinajstić information content (AvgIpc) is 3.05. The van der Waals surface area contributed by atoms with E-state index in [0.29, 0.717) is 6.04 Å². The monoisotopic (exact) mass is 277 g/mol. The maximum atomic E-state index is 4.49. The van der Waals surface area contributed by atoms with Gasteiger partial charge in [-0.2, -0.15) is 5.10 Å². The van der Waals surface area contributed by atoms with Gasteiger partial charge >= 0.3 is 0 Å². The van der Waals surface area contributed by atoms with Crippen LogP contribution in [0, 0.1) is 0 Å². The van der Waals surface area contributed by atoms with Crippen molar-refractivity contribution in [3.05, 3.63) is 72.6 Å². The number of nitrogens with zero attached hydrogens (tertiary/aromatic N) is 2. The highest BCUT2D eigenvalue weighted by atomic mass is 15.3. The van der Waals surface area contributed by atoms with Crippen LogP contribution in [0.15, 0.2) is 67.0 Å². The second-order valence-electron chi connectivity index (χ2n) is 5.14. The van der Waals surface area contributed by atoms with Crippen LogP contribution in [0.4, 0.5) is 0 Å². The van der Waals surface area contributed by atoms with E-state index in [-0.39, 0.29) is 0 Å². The van der Waals surface area contributed by atoms with Crippen molar-refractivity contribution >= 4 is 0 Å². The lowest BCUT2D eigenvalue weighted by molar-refractivity contribution is 0.651. The second-order valence-corrected chi connectivity index (χ2v) is 5.14. The Kier molecular flexibility index (Phi) is 3.84. The standard InChI is InChI=1S/C18H19N3/c1-14(19-2)16-9-6-10-18(11-16)21-13-17(12-20-21)15-7-4-3-5-8-15/h3-14,19H,1-2H3. The molecule has 0 amide bonds. The van der Waals surface area contributed by atoms with E-state index in [0.717, 1.165) is 11.3 Å². The summed E-state index contributed by atoms with van der Waals surface area (Å²) in [6, 6.07) is 19.1. The van der Waals surface area contributed by atoms with Crippen molar-refractivity contribution in [1.29, 1.82) is 0 Å². The first-order valence-electron chi connectivity index (χ1n) is 7.15. The smallest absolute Gasteiger partial charge is 0.0649 e. The third-order valence-electron chi connectivity index (χ3n) is 3.76. The largest absolute Gasteiger partial charge is 0.313 e. The third-order valence-corrected chi connectivity index (χ3v) is 3.76. The maximum absolute atomic E-state index is 4.49. The van der Waals surface area contributed by atoms with Crippen molar-refractivity contribution in [3.63, 3.8) is 0 Å². The molecule has 3 rings (SSSR count). The summed E-state index contributed by atoms with van der Waals surface area (Å²) in [4.78, 5) is 0. The van der Waals surface area contributed by atoms with Crippen molar-refractivity contribution < 1.29 is 0 Å². The number of rotatable bonds is 4. The molecule has 0 radical (unpaired) electrons. The topological polar surface area (TPSA) is 29.9 Å². The number of aromatic nitrogens is 2. The molecule has 1 atom stereocenters. The molecule has 0 fully saturated rings. The number of nitrogens with one attached hydrogen (secondary N) is 1. The Bertz CT molecular complexity index is 716. The van der Waals surface area contributed by atoms with Crippen molar-refractivity contribution in [2.75, 3.05) is 7.05 Å². The van der Waals surface area contributed by atoms with Gasteiger partial charge in [0.2, 0.25) is 0 Å². The number of hydrogen-bond donors (Lipinski definition) is 1. The van der Waals surface area contributed by atoms with E-state index in [1.165, 1.54) is 11.1 Å². The van der Waals surface area contributed by atoms with E-state index < -0.39 is 0 Å². The molecule has 21 heavy (non-hydrogen) atoms. The highest BCUT2D eigenvalue weighted by Gasteiger charge is 2.06. The van der Waals surface area contributed by atoms with Gasteiger partial charge in [0, 0.05) is 17.8 Å². The van der Waals surface area contributed by atoms with Crippen LogP contribution in [0.1, 0.15) is 18.5 Å². The summed E-state index contributed by atoms with van der Waals surface area (Å²) in [5, 5.41) is 7.75. The molecule has 1 unspecified atom stereocenters. The van der Waals surface area contributed by atoms with Crippen LogP contribution in [0.3, 0.4) is 0 Å². The van der Waals surface area contributed by atoms with Gasteiger partial charge in [0.1, 0.15) is 0 Å². The highest BCUT2D eigenvalue weighted by molar-refractivity contribution is 5.62. The lowest BCUT2D eigenvalue weighted by atomic mass is 10.1. The molecule has 1 aromatic heterocycles. The molecular formula is C18H19N3. The fourth-order valence-corrected chi connectivity index (χ4v) is 2.35. The van der Waals surface area contributed by atoms with Crippen LogP contribution in [-0.4, -0.2) is 16.8 Å². The van der Waals surface area contributed by atoms with Crippen molar-refractivity contribution in [2.24, 2.45) is 0 Å². The molecule has 1 heterocycles. The van der Waals surface area contributed by atoms with Crippen LogP contribution < -0.4 is 5.32 Å². The van der Waals surface area contributed by atoms with E-state index in [2.05, 4.69) is 59.9 Å². The molecule has 0 aliphatic carbocycles. The van der Waals surface area contributed by atoms with Gasteiger partial charge < -0.3 is 5.32 Å². The minimum Gasteiger partial charge on any atom is -0.313 e. The van der Waals surface area contributed by atoms with Gasteiger partial charge in [-0.15, -0.1) is 0 Å². The summed E-state index contributed by atoms with van der Waals surface area (Å²) in [7, 11) is 1.97. The predicted octanol–water partition coefficient (Wildman–Crippen LogP) is 3.82. The first-order valence-corrected chi connectivity index (χ1v) is 7.15. The fourth-order valence-electron chi connectivity index (χ4n) is 2.35. The van der Waals surface area contributed by atoms with Gasteiger partial charge in [-0.1, -0.05) is 42.5 Å². The Morgan fingerprint density at radius 2 is 1.81 bits per heavy atom. The van der Waals surface area contributed by atoms with Gasteiger partial charge in [-0.3, -0.25) is 0 Å². The van der Waals surface area contributed by atoms with Gasteiger partial charge in [0.05, 0.1) is 11.9 Å². The van der Waals surface area contributed by atoms with Gasteiger partial charge in [0.25, 0.3) is 0 Å². The quantitative estimate of drug-likeness (QED) is 0.785. The van der Waals surface area contributed by atoms with Crippen LogP contribution in [0.5, 0.6) is 0 Å². The van der Waals surface area contributed by atoms with E-state index in [9.17, 15) is 0 Å². The average molecular weight is 277 g/mol.